The maximum absolute atomic E-state index is 12.5. The van der Waals surface area contributed by atoms with Gasteiger partial charge in [0.15, 0.2) is 0 Å². The lowest BCUT2D eigenvalue weighted by molar-refractivity contribution is -0.143. The molecule has 1 amide bonds. The summed E-state index contributed by atoms with van der Waals surface area (Å²) in [7, 11) is 0. The van der Waals surface area contributed by atoms with Gasteiger partial charge in [-0.3, -0.25) is 9.59 Å². The molecule has 0 rings (SSSR count). The Morgan fingerprint density at radius 2 is 0.633 bits per heavy atom. The molecule has 0 aliphatic heterocycles. The van der Waals surface area contributed by atoms with Crippen molar-refractivity contribution < 1.29 is 24.5 Å². The van der Waals surface area contributed by atoms with Gasteiger partial charge in [0.25, 0.3) is 0 Å². The molecule has 0 aliphatic carbocycles. The van der Waals surface area contributed by atoms with Crippen LogP contribution < -0.4 is 5.32 Å². The molecule has 79 heavy (non-hydrogen) atoms. The Kier molecular flexibility index (Phi) is 67.4. The highest BCUT2D eigenvalue weighted by atomic mass is 16.5. The van der Waals surface area contributed by atoms with E-state index >= 15 is 0 Å². The van der Waals surface area contributed by atoms with Gasteiger partial charge in [-0.05, 0) is 57.8 Å². The fraction of sp³-hybridized carbons (Fsp3) is 0.918. The quantitative estimate of drug-likeness (QED) is 0.0320. The molecular formula is C73H141NO5. The van der Waals surface area contributed by atoms with Crippen LogP contribution in [0.15, 0.2) is 24.3 Å². The van der Waals surface area contributed by atoms with Crippen LogP contribution in [0.2, 0.25) is 0 Å². The first-order valence-electron chi connectivity index (χ1n) is 36.1. The average molecular weight is 1110 g/mol. The SMILES string of the molecule is CCCCC/C=C\C/C=C\CCCCCCCC(=O)OCCCCCCCCCCCCCCCCCCCCCCCCCCCCCCCCCCCC(=O)NC(CO)C(O)CCCCCCCCCCCCCCCC. The normalized spacial score (nSPS) is 12.6. The molecule has 0 saturated carbocycles. The van der Waals surface area contributed by atoms with Crippen molar-refractivity contribution in [2.24, 2.45) is 0 Å². The zero-order valence-electron chi connectivity index (χ0n) is 53.6. The first-order chi connectivity index (χ1) is 39.0. The van der Waals surface area contributed by atoms with E-state index in [1.54, 1.807) is 0 Å². The molecule has 0 aliphatic rings. The van der Waals surface area contributed by atoms with Gasteiger partial charge < -0.3 is 20.3 Å². The van der Waals surface area contributed by atoms with Crippen LogP contribution >= 0.6 is 0 Å². The van der Waals surface area contributed by atoms with Crippen LogP contribution in [0.25, 0.3) is 0 Å². The van der Waals surface area contributed by atoms with E-state index in [-0.39, 0.29) is 18.5 Å². The number of unbranched alkanes of at least 4 members (excludes halogenated alkanes) is 53. The Morgan fingerprint density at radius 3 is 0.987 bits per heavy atom. The van der Waals surface area contributed by atoms with Crippen molar-refractivity contribution in [3.63, 3.8) is 0 Å². The minimum atomic E-state index is -0.660. The molecule has 2 unspecified atom stereocenters. The van der Waals surface area contributed by atoms with Gasteiger partial charge in [0.1, 0.15) is 0 Å². The van der Waals surface area contributed by atoms with Crippen LogP contribution in [0.5, 0.6) is 0 Å². The third-order valence-electron chi connectivity index (χ3n) is 17.0. The zero-order valence-corrected chi connectivity index (χ0v) is 53.6. The lowest BCUT2D eigenvalue weighted by Crippen LogP contribution is -2.45. The van der Waals surface area contributed by atoms with E-state index < -0.39 is 12.1 Å². The average Bonchev–Trinajstić information content (AvgIpc) is 3.45. The molecule has 0 heterocycles. The summed E-state index contributed by atoms with van der Waals surface area (Å²) in [6, 6.07) is -0.537. The number of rotatable bonds is 68. The van der Waals surface area contributed by atoms with E-state index in [4.69, 9.17) is 4.74 Å². The lowest BCUT2D eigenvalue weighted by atomic mass is 10.0. The molecule has 0 saturated heterocycles. The first kappa shape index (κ1) is 77.3. The summed E-state index contributed by atoms with van der Waals surface area (Å²) >= 11 is 0. The van der Waals surface area contributed by atoms with Gasteiger partial charge in [-0.2, -0.15) is 0 Å². The number of esters is 1. The fourth-order valence-corrected chi connectivity index (χ4v) is 11.5. The second kappa shape index (κ2) is 68.8. The summed E-state index contributed by atoms with van der Waals surface area (Å²) in [6.45, 7) is 4.95. The van der Waals surface area contributed by atoms with Crippen LogP contribution in [0, 0.1) is 0 Å². The number of nitrogens with one attached hydrogen (secondary N) is 1. The van der Waals surface area contributed by atoms with Crippen molar-refractivity contribution in [3.05, 3.63) is 24.3 Å². The van der Waals surface area contributed by atoms with Crippen LogP contribution in [0.1, 0.15) is 406 Å². The number of aliphatic hydroxyl groups is 2. The molecule has 468 valence electrons. The Labute approximate surface area is 494 Å². The second-order valence-electron chi connectivity index (χ2n) is 24.9. The van der Waals surface area contributed by atoms with Crippen molar-refractivity contribution in [2.45, 2.75) is 418 Å². The summed E-state index contributed by atoms with van der Waals surface area (Å²) in [6.07, 6.45) is 86.7. The molecule has 2 atom stereocenters. The van der Waals surface area contributed by atoms with Gasteiger partial charge in [-0.25, -0.2) is 0 Å². The number of carbonyl (C=O) groups excluding carboxylic acids is 2. The smallest absolute Gasteiger partial charge is 0.305 e. The van der Waals surface area contributed by atoms with Gasteiger partial charge in [-0.15, -0.1) is 0 Å². The number of carbonyl (C=O) groups is 2. The Hall–Kier alpha value is -1.66. The third kappa shape index (κ3) is 65.4. The molecule has 0 fully saturated rings. The van der Waals surface area contributed by atoms with Crippen LogP contribution in [-0.4, -0.2) is 47.4 Å². The van der Waals surface area contributed by atoms with E-state index in [0.29, 0.717) is 25.9 Å². The molecule has 0 spiro atoms. The predicted molar refractivity (Wildman–Crippen MR) is 347 cm³/mol. The summed E-state index contributed by atoms with van der Waals surface area (Å²) in [5.74, 6) is -0.0193. The number of hydrogen-bond acceptors (Lipinski definition) is 5. The first-order valence-corrected chi connectivity index (χ1v) is 36.1. The number of hydrogen-bond donors (Lipinski definition) is 3. The van der Waals surface area contributed by atoms with E-state index in [0.717, 1.165) is 51.4 Å². The van der Waals surface area contributed by atoms with Crippen molar-refractivity contribution >= 4 is 11.9 Å². The Balaban J connectivity index is 3.31. The molecule has 0 aromatic heterocycles. The van der Waals surface area contributed by atoms with Gasteiger partial charge in [0.2, 0.25) is 5.91 Å². The topological polar surface area (TPSA) is 95.9 Å². The molecule has 6 heteroatoms. The second-order valence-corrected chi connectivity index (χ2v) is 24.9. The molecule has 6 nitrogen and oxygen atoms in total. The standard InChI is InChI=1S/C73H141NO5/c1-3-5-7-9-11-13-15-17-38-43-47-51-55-59-63-67-73(78)79-68-64-60-56-52-48-44-40-37-35-33-31-29-27-25-23-21-19-20-22-24-26-28-30-32-34-36-39-42-46-50-54-58-62-66-72(77)74-70(69-75)71(76)65-61-57-53-49-45-41-18-16-14-12-10-8-6-4-2/h11,13,17,38,70-71,75-76H,3-10,12,14-16,18-37,39-69H2,1-2H3,(H,74,77)/b13-11-,38-17-. The number of allylic oxidation sites excluding steroid dienone is 4. The fourth-order valence-electron chi connectivity index (χ4n) is 11.5. The molecular weight excluding hydrogens is 971 g/mol. The molecule has 0 radical (unpaired) electrons. The van der Waals surface area contributed by atoms with E-state index in [1.165, 1.54) is 321 Å². The molecule has 3 N–H and O–H groups in total. The Bertz CT molecular complexity index is 1230. The summed E-state index contributed by atoms with van der Waals surface area (Å²) in [5, 5.41) is 23.3. The molecule has 0 aromatic carbocycles. The minimum absolute atomic E-state index is 0.00822. The highest BCUT2D eigenvalue weighted by molar-refractivity contribution is 5.76. The molecule has 0 bridgehead atoms. The largest absolute Gasteiger partial charge is 0.466 e. The Morgan fingerprint density at radius 1 is 0.354 bits per heavy atom. The monoisotopic (exact) mass is 1110 g/mol. The maximum Gasteiger partial charge on any atom is 0.305 e. The highest BCUT2D eigenvalue weighted by Crippen LogP contribution is 2.19. The number of aliphatic hydroxyl groups excluding tert-OH is 2. The molecule has 0 aromatic rings. The van der Waals surface area contributed by atoms with Crippen molar-refractivity contribution in [3.8, 4) is 0 Å². The van der Waals surface area contributed by atoms with Crippen LogP contribution in [-0.2, 0) is 14.3 Å². The maximum atomic E-state index is 12.5. The summed E-state index contributed by atoms with van der Waals surface area (Å²) in [4.78, 5) is 24.6. The predicted octanol–water partition coefficient (Wildman–Crippen LogP) is 23.3. The third-order valence-corrected chi connectivity index (χ3v) is 17.0. The van der Waals surface area contributed by atoms with Gasteiger partial charge in [-0.1, -0.05) is 359 Å². The minimum Gasteiger partial charge on any atom is -0.466 e. The number of amides is 1. The zero-order chi connectivity index (χ0) is 57.1. The van der Waals surface area contributed by atoms with Gasteiger partial charge >= 0.3 is 5.97 Å². The van der Waals surface area contributed by atoms with Crippen LogP contribution in [0.4, 0.5) is 0 Å². The van der Waals surface area contributed by atoms with E-state index in [2.05, 4.69) is 43.5 Å². The van der Waals surface area contributed by atoms with Gasteiger partial charge in [0, 0.05) is 12.8 Å². The summed E-state index contributed by atoms with van der Waals surface area (Å²) < 4.78 is 5.49. The van der Waals surface area contributed by atoms with E-state index in [9.17, 15) is 19.8 Å². The van der Waals surface area contributed by atoms with E-state index in [1.807, 2.05) is 0 Å². The van der Waals surface area contributed by atoms with Gasteiger partial charge in [0.05, 0.1) is 25.4 Å². The highest BCUT2D eigenvalue weighted by Gasteiger charge is 2.20. The lowest BCUT2D eigenvalue weighted by Gasteiger charge is -2.22. The summed E-state index contributed by atoms with van der Waals surface area (Å²) in [5.41, 5.74) is 0. The number of ether oxygens (including phenoxy) is 1. The van der Waals surface area contributed by atoms with Crippen molar-refractivity contribution in [1.29, 1.82) is 0 Å². The van der Waals surface area contributed by atoms with Crippen molar-refractivity contribution in [2.75, 3.05) is 13.2 Å². The van der Waals surface area contributed by atoms with Crippen molar-refractivity contribution in [1.82, 2.24) is 5.32 Å². The van der Waals surface area contributed by atoms with Crippen LogP contribution in [0.3, 0.4) is 0 Å².